The first-order valence-electron chi connectivity index (χ1n) is 1.40. The highest BCUT2D eigenvalue weighted by atomic mass is 32.9. The van der Waals surface area contributed by atoms with Crippen LogP contribution in [-0.2, 0) is 19.4 Å². The molecular formula is CH6NO3S2+. The van der Waals surface area contributed by atoms with Crippen molar-refractivity contribution in [2.45, 2.75) is 0 Å². The van der Waals surface area contributed by atoms with E-state index in [0.717, 1.165) is 0 Å². The normalized spacial score (nSPS) is 11.3. The minimum atomic E-state index is -3.63. The van der Waals surface area contributed by atoms with Gasteiger partial charge in [0.05, 0.1) is 0 Å². The van der Waals surface area contributed by atoms with E-state index in [-0.39, 0.29) is 5.88 Å². The molecule has 0 amide bonds. The highest BCUT2D eigenvalue weighted by Gasteiger charge is 2.04. The Bertz CT molecular complexity index is 137. The second kappa shape index (κ2) is 2.53. The molecule has 7 heavy (non-hydrogen) atoms. The minimum Gasteiger partial charge on any atom is -0.280 e. The molecule has 0 saturated heterocycles. The first-order valence-corrected chi connectivity index (χ1v) is 4.37. The molecule has 0 aromatic rings. The summed E-state index contributed by atoms with van der Waals surface area (Å²) in [6.45, 7) is 0. The molecule has 0 atom stereocenters. The lowest BCUT2D eigenvalue weighted by Crippen LogP contribution is -2.03. The van der Waals surface area contributed by atoms with E-state index < -0.39 is 9.05 Å². The van der Waals surface area contributed by atoms with E-state index in [2.05, 4.69) is 0 Å². The summed E-state index contributed by atoms with van der Waals surface area (Å²) in [6, 6.07) is 0. The summed E-state index contributed by atoms with van der Waals surface area (Å²) in [5.74, 6) is -0.0498. The zero-order valence-electron chi connectivity index (χ0n) is 3.40. The maximum atomic E-state index is 9.78. The predicted molar refractivity (Wildman–Crippen MR) is 29.8 cm³/mol. The molecular weight excluding hydrogens is 138 g/mol. The average Bonchev–Trinajstić information content (AvgIpc) is 1.30. The van der Waals surface area contributed by atoms with E-state index in [1.807, 2.05) is 0 Å². The Morgan fingerprint density at radius 2 is 2.14 bits per heavy atom. The summed E-state index contributed by atoms with van der Waals surface area (Å²) < 4.78 is 25.7. The van der Waals surface area contributed by atoms with Gasteiger partial charge in [0, 0.05) is 0 Å². The summed E-state index contributed by atoms with van der Waals surface area (Å²) in [5, 5.41) is 0. The zero-order chi connectivity index (χ0) is 5.91. The number of nitrogens with two attached hydrogens (primary N) is 1. The van der Waals surface area contributed by atoms with Gasteiger partial charge in [0.25, 0.3) is 0 Å². The molecule has 0 rings (SSSR count). The largest absolute Gasteiger partial charge is 0.431 e. The van der Waals surface area contributed by atoms with Crippen LogP contribution in [0.1, 0.15) is 0 Å². The lowest BCUT2D eigenvalue weighted by atomic mass is 11.6. The van der Waals surface area contributed by atoms with Crippen molar-refractivity contribution in [1.82, 2.24) is 0 Å². The van der Waals surface area contributed by atoms with Crippen LogP contribution in [0.5, 0.6) is 0 Å². The molecule has 0 fully saturated rings. The van der Waals surface area contributed by atoms with Crippen molar-refractivity contribution in [3.63, 3.8) is 0 Å². The predicted octanol–water partition coefficient (Wildman–Crippen LogP) is -0.869. The smallest absolute Gasteiger partial charge is 0.280 e. The van der Waals surface area contributed by atoms with E-state index in [1.165, 1.54) is 0 Å². The van der Waals surface area contributed by atoms with Gasteiger partial charge in [-0.2, -0.15) is 4.21 Å². The lowest BCUT2D eigenvalue weighted by molar-refractivity contribution is 0.450. The summed E-state index contributed by atoms with van der Waals surface area (Å²) in [5.41, 5.74) is 4.78. The van der Waals surface area contributed by atoms with Crippen molar-refractivity contribution in [1.29, 1.82) is 0 Å². The van der Waals surface area contributed by atoms with Gasteiger partial charge < -0.3 is 0 Å². The van der Waals surface area contributed by atoms with Gasteiger partial charge in [0.2, 0.25) is 5.88 Å². The molecule has 0 aliphatic carbocycles. The molecule has 4 nitrogen and oxygen atoms in total. The van der Waals surface area contributed by atoms with Crippen LogP contribution in [0, 0.1) is 0 Å². The van der Waals surface area contributed by atoms with Crippen molar-refractivity contribution in [2.24, 2.45) is 5.73 Å². The summed E-state index contributed by atoms with van der Waals surface area (Å²) in [4.78, 5) is 0. The third-order valence-electron chi connectivity index (χ3n) is 0.222. The fraction of sp³-hybridized carbons (Fsp3) is 1.00. The molecule has 0 aliphatic heterocycles. The standard InChI is InChI=1S/CH5NO3S2/c2-1-6-7(3,4)5/h1-2H2,(H-,3,4,5)/p+1. The van der Waals surface area contributed by atoms with Crippen LogP contribution in [-0.4, -0.2) is 19.2 Å². The fourth-order valence-corrected chi connectivity index (χ4v) is 0.798. The summed E-state index contributed by atoms with van der Waals surface area (Å²) in [7, 11) is -3.23. The average molecular weight is 144 g/mol. The van der Waals surface area contributed by atoms with Gasteiger partial charge in [0.15, 0.2) is 0 Å². The van der Waals surface area contributed by atoms with Crippen molar-refractivity contribution in [3.8, 4) is 0 Å². The molecule has 0 aromatic heterocycles. The third-order valence-corrected chi connectivity index (χ3v) is 1.99. The highest BCUT2D eigenvalue weighted by Crippen LogP contribution is 1.71. The van der Waals surface area contributed by atoms with E-state index >= 15 is 0 Å². The van der Waals surface area contributed by atoms with E-state index in [1.54, 1.807) is 0 Å². The van der Waals surface area contributed by atoms with Gasteiger partial charge in [-0.25, -0.2) is 0 Å². The molecule has 44 valence electrons. The molecule has 0 aliphatic rings. The molecule has 0 unspecified atom stereocenters. The molecule has 0 aromatic carbocycles. The van der Waals surface area contributed by atoms with Crippen molar-refractivity contribution >= 4 is 19.4 Å². The Hall–Kier alpha value is 0.250. The number of hydrogen-bond acceptors (Lipinski definition) is 2. The molecule has 0 saturated carbocycles. The van der Waals surface area contributed by atoms with Crippen LogP contribution in [0.4, 0.5) is 0 Å². The Morgan fingerprint density at radius 1 is 1.71 bits per heavy atom. The Balaban J connectivity index is 4.02. The van der Waals surface area contributed by atoms with Crippen LogP contribution < -0.4 is 5.73 Å². The van der Waals surface area contributed by atoms with Crippen molar-refractivity contribution in [3.05, 3.63) is 0 Å². The van der Waals surface area contributed by atoms with Gasteiger partial charge in [0.1, 0.15) is 0 Å². The van der Waals surface area contributed by atoms with Gasteiger partial charge in [-0.15, -0.1) is 0 Å². The maximum absolute atomic E-state index is 9.78. The van der Waals surface area contributed by atoms with E-state index in [9.17, 15) is 4.21 Å². The number of hydrogen-bond donors (Lipinski definition) is 3. The van der Waals surface area contributed by atoms with Crippen molar-refractivity contribution < 1.29 is 13.3 Å². The lowest BCUT2D eigenvalue weighted by Gasteiger charge is -1.69. The fourth-order valence-electron chi connectivity index (χ4n) is 0.0886. The summed E-state index contributed by atoms with van der Waals surface area (Å²) >= 11 is 0. The summed E-state index contributed by atoms with van der Waals surface area (Å²) in [6.07, 6.45) is 0. The Kier molecular flexibility index (Phi) is 2.62. The zero-order valence-corrected chi connectivity index (χ0v) is 5.04. The molecule has 0 radical (unpaired) electrons. The quantitative estimate of drug-likeness (QED) is 0.330. The molecule has 4 N–H and O–H groups in total. The first kappa shape index (κ1) is 7.25. The van der Waals surface area contributed by atoms with Crippen LogP contribution in [0.25, 0.3) is 0 Å². The monoisotopic (exact) mass is 144 g/mol. The van der Waals surface area contributed by atoms with Crippen LogP contribution in [0.3, 0.4) is 0 Å². The highest BCUT2D eigenvalue weighted by molar-refractivity contribution is 8.34. The second-order valence-corrected chi connectivity index (χ2v) is 4.21. The third kappa shape index (κ3) is 6.25. The molecule has 0 spiro atoms. The minimum absolute atomic E-state index is 0.0498. The Morgan fingerprint density at radius 3 is 2.14 bits per heavy atom. The maximum Gasteiger partial charge on any atom is 0.431 e. The van der Waals surface area contributed by atoms with Crippen LogP contribution in [0.15, 0.2) is 0 Å². The molecule has 6 heteroatoms. The van der Waals surface area contributed by atoms with Crippen LogP contribution >= 0.6 is 0 Å². The number of rotatable bonds is 1. The first-order chi connectivity index (χ1) is 3.06. The van der Waals surface area contributed by atoms with Gasteiger partial charge in [-0.05, 0) is 0 Å². The van der Waals surface area contributed by atoms with E-state index in [4.69, 9.17) is 14.8 Å². The second-order valence-electron chi connectivity index (χ2n) is 0.732. The Labute approximate surface area is 45.0 Å². The van der Waals surface area contributed by atoms with E-state index in [0.29, 0.717) is 10.3 Å². The molecule has 0 heterocycles. The van der Waals surface area contributed by atoms with Gasteiger partial charge in [-0.3, -0.25) is 14.8 Å². The van der Waals surface area contributed by atoms with Gasteiger partial charge in [-0.1, -0.05) is 0 Å². The SMILES string of the molecule is NC[S+]=S(=O)(O)O. The topological polar surface area (TPSA) is 83.6 Å². The van der Waals surface area contributed by atoms with Crippen molar-refractivity contribution in [2.75, 3.05) is 5.88 Å². The van der Waals surface area contributed by atoms with Crippen LogP contribution in [0.2, 0.25) is 0 Å². The van der Waals surface area contributed by atoms with Gasteiger partial charge >= 0.3 is 19.4 Å². The molecule has 0 bridgehead atoms.